The van der Waals surface area contributed by atoms with Gasteiger partial charge in [0.25, 0.3) is 0 Å². The molecule has 0 saturated heterocycles. The lowest BCUT2D eigenvalue weighted by molar-refractivity contribution is 0.0687. The third kappa shape index (κ3) is 3.06. The van der Waals surface area contributed by atoms with E-state index in [-0.39, 0.29) is 5.69 Å². The first-order chi connectivity index (χ1) is 9.61. The molecule has 0 bridgehead atoms. The van der Waals surface area contributed by atoms with Gasteiger partial charge in [-0.2, -0.15) is 5.10 Å². The fourth-order valence-corrected chi connectivity index (χ4v) is 1.81. The first-order valence-electron chi connectivity index (χ1n) is 6.26. The molecule has 1 aromatic heterocycles. The van der Waals surface area contributed by atoms with E-state index in [2.05, 4.69) is 11.7 Å². The molecule has 2 rings (SSSR count). The van der Waals surface area contributed by atoms with Crippen molar-refractivity contribution in [3.63, 3.8) is 0 Å². The predicted octanol–water partition coefficient (Wildman–Crippen LogP) is 2.83. The fourth-order valence-electron chi connectivity index (χ4n) is 1.81. The van der Waals surface area contributed by atoms with E-state index in [1.165, 1.54) is 10.7 Å². The Bertz CT molecular complexity index is 632. The number of carboxylic acids is 1. The largest absolute Gasteiger partial charge is 0.493 e. The zero-order valence-corrected chi connectivity index (χ0v) is 11.2. The second kappa shape index (κ2) is 6.06. The first-order valence-corrected chi connectivity index (χ1v) is 6.26. The van der Waals surface area contributed by atoms with E-state index in [0.29, 0.717) is 23.7 Å². The summed E-state index contributed by atoms with van der Waals surface area (Å²) in [5.74, 6) is -0.336. The summed E-state index contributed by atoms with van der Waals surface area (Å²) >= 11 is 0. The van der Waals surface area contributed by atoms with E-state index in [1.54, 1.807) is 31.2 Å². The molecule has 1 aromatic carbocycles. The highest BCUT2D eigenvalue weighted by Gasteiger charge is 2.14. The monoisotopic (exact) mass is 272 g/mol. The number of aromatic nitrogens is 2. The third-order valence-electron chi connectivity index (χ3n) is 2.70. The van der Waals surface area contributed by atoms with Crippen molar-refractivity contribution in [1.82, 2.24) is 9.78 Å². The number of rotatable bonds is 6. The number of carbonyl (C=O) groups is 1. The van der Waals surface area contributed by atoms with Gasteiger partial charge in [0.05, 0.1) is 18.0 Å². The van der Waals surface area contributed by atoms with Gasteiger partial charge < -0.3 is 9.84 Å². The number of benzene rings is 1. The van der Waals surface area contributed by atoms with Gasteiger partial charge in [-0.1, -0.05) is 12.1 Å². The molecule has 2 aromatic rings. The van der Waals surface area contributed by atoms with Gasteiger partial charge in [-0.05, 0) is 31.5 Å². The number of hydrogen-bond acceptors (Lipinski definition) is 3. The molecule has 0 unspecified atom stereocenters. The summed E-state index contributed by atoms with van der Waals surface area (Å²) in [6, 6.07) is 8.72. The fraction of sp³-hybridized carbons (Fsp3) is 0.200. The lowest BCUT2D eigenvalue weighted by Crippen LogP contribution is -2.08. The lowest BCUT2D eigenvalue weighted by atomic mass is 10.3. The van der Waals surface area contributed by atoms with E-state index in [1.807, 2.05) is 6.07 Å². The third-order valence-corrected chi connectivity index (χ3v) is 2.70. The Labute approximate surface area is 117 Å². The highest BCUT2D eigenvalue weighted by Crippen LogP contribution is 2.19. The molecule has 1 heterocycles. The summed E-state index contributed by atoms with van der Waals surface area (Å²) in [5, 5.41) is 13.4. The quantitative estimate of drug-likeness (QED) is 0.648. The van der Waals surface area contributed by atoms with Crippen molar-refractivity contribution in [1.29, 1.82) is 0 Å². The van der Waals surface area contributed by atoms with E-state index in [0.717, 1.165) is 6.42 Å². The van der Waals surface area contributed by atoms with Crippen LogP contribution in [-0.4, -0.2) is 27.5 Å². The van der Waals surface area contributed by atoms with E-state index in [9.17, 15) is 9.90 Å². The normalized spacial score (nSPS) is 10.2. The van der Waals surface area contributed by atoms with E-state index in [4.69, 9.17) is 4.74 Å². The Morgan fingerprint density at radius 1 is 1.50 bits per heavy atom. The molecule has 0 aliphatic rings. The molecular formula is C15H16N2O3. The van der Waals surface area contributed by atoms with Gasteiger partial charge in [0.1, 0.15) is 5.75 Å². The Kier molecular flexibility index (Phi) is 4.20. The molecule has 0 amide bonds. The van der Waals surface area contributed by atoms with Crippen LogP contribution in [0.15, 0.2) is 43.0 Å². The van der Waals surface area contributed by atoms with Crippen LogP contribution in [-0.2, 0) is 0 Å². The molecule has 5 heteroatoms. The molecule has 0 fully saturated rings. The van der Waals surface area contributed by atoms with Crippen LogP contribution in [0.3, 0.4) is 0 Å². The maximum Gasteiger partial charge on any atom is 0.354 e. The highest BCUT2D eigenvalue weighted by atomic mass is 16.5. The van der Waals surface area contributed by atoms with Gasteiger partial charge in [0.15, 0.2) is 5.69 Å². The van der Waals surface area contributed by atoms with Crippen LogP contribution in [0.2, 0.25) is 0 Å². The van der Waals surface area contributed by atoms with Crippen molar-refractivity contribution in [3.8, 4) is 11.4 Å². The van der Waals surface area contributed by atoms with Crippen LogP contribution in [0.1, 0.15) is 22.6 Å². The van der Waals surface area contributed by atoms with Gasteiger partial charge in [-0.3, -0.25) is 0 Å². The number of nitrogens with zero attached hydrogens (tertiary/aromatic N) is 2. The maximum atomic E-state index is 11.2. The van der Waals surface area contributed by atoms with Crippen molar-refractivity contribution in [3.05, 3.63) is 54.4 Å². The van der Waals surface area contributed by atoms with Crippen LogP contribution in [0.25, 0.3) is 5.69 Å². The number of ether oxygens (including phenoxy) is 1. The molecule has 0 spiro atoms. The second-order valence-electron chi connectivity index (χ2n) is 4.31. The second-order valence-corrected chi connectivity index (χ2v) is 4.31. The number of carboxylic acid groups (broad SMARTS) is 1. The molecule has 5 nitrogen and oxygen atoms in total. The SMILES string of the molecule is C=CCCOc1cccc(-n2nc(C)cc2C(=O)O)c1. The van der Waals surface area contributed by atoms with Crippen molar-refractivity contribution < 1.29 is 14.6 Å². The Morgan fingerprint density at radius 2 is 2.30 bits per heavy atom. The molecule has 0 radical (unpaired) electrons. The van der Waals surface area contributed by atoms with Crippen molar-refractivity contribution in [2.75, 3.05) is 6.61 Å². The minimum atomic E-state index is -1.01. The number of aromatic carboxylic acids is 1. The summed E-state index contributed by atoms with van der Waals surface area (Å²) in [4.78, 5) is 11.2. The van der Waals surface area contributed by atoms with Crippen molar-refractivity contribution in [2.24, 2.45) is 0 Å². The maximum absolute atomic E-state index is 11.2. The average Bonchev–Trinajstić information content (AvgIpc) is 2.82. The summed E-state index contributed by atoms with van der Waals surface area (Å²) in [7, 11) is 0. The molecule has 0 saturated carbocycles. The summed E-state index contributed by atoms with van der Waals surface area (Å²) in [5.41, 5.74) is 1.44. The number of hydrogen-bond donors (Lipinski definition) is 1. The molecular weight excluding hydrogens is 256 g/mol. The summed E-state index contributed by atoms with van der Waals surface area (Å²) in [6.07, 6.45) is 2.54. The van der Waals surface area contributed by atoms with E-state index < -0.39 is 5.97 Å². The lowest BCUT2D eigenvalue weighted by Gasteiger charge is -2.08. The molecule has 1 N–H and O–H groups in total. The average molecular weight is 272 g/mol. The van der Waals surface area contributed by atoms with Crippen LogP contribution >= 0.6 is 0 Å². The zero-order valence-electron chi connectivity index (χ0n) is 11.2. The molecule has 20 heavy (non-hydrogen) atoms. The topological polar surface area (TPSA) is 64.4 Å². The smallest absolute Gasteiger partial charge is 0.354 e. The Balaban J connectivity index is 2.31. The molecule has 104 valence electrons. The molecule has 0 aliphatic heterocycles. The van der Waals surface area contributed by atoms with Gasteiger partial charge in [-0.25, -0.2) is 9.48 Å². The van der Waals surface area contributed by atoms with Crippen molar-refractivity contribution in [2.45, 2.75) is 13.3 Å². The molecule has 0 atom stereocenters. The number of aryl methyl sites for hydroxylation is 1. The van der Waals surface area contributed by atoms with Crippen LogP contribution in [0, 0.1) is 6.92 Å². The Hall–Kier alpha value is -2.56. The predicted molar refractivity (Wildman–Crippen MR) is 75.6 cm³/mol. The van der Waals surface area contributed by atoms with Crippen LogP contribution in [0.4, 0.5) is 0 Å². The Morgan fingerprint density at radius 3 is 3.00 bits per heavy atom. The van der Waals surface area contributed by atoms with Crippen LogP contribution in [0.5, 0.6) is 5.75 Å². The minimum Gasteiger partial charge on any atom is -0.493 e. The van der Waals surface area contributed by atoms with Gasteiger partial charge >= 0.3 is 5.97 Å². The van der Waals surface area contributed by atoms with Crippen molar-refractivity contribution >= 4 is 5.97 Å². The molecule has 0 aliphatic carbocycles. The summed E-state index contributed by atoms with van der Waals surface area (Å²) in [6.45, 7) is 5.93. The van der Waals surface area contributed by atoms with Gasteiger partial charge in [0.2, 0.25) is 0 Å². The van der Waals surface area contributed by atoms with Gasteiger partial charge in [0, 0.05) is 6.07 Å². The first kappa shape index (κ1) is 13.9. The van der Waals surface area contributed by atoms with E-state index >= 15 is 0 Å². The summed E-state index contributed by atoms with van der Waals surface area (Å²) < 4.78 is 6.96. The zero-order chi connectivity index (χ0) is 14.5. The standard InChI is InChI=1S/C15H16N2O3/c1-3-4-8-20-13-7-5-6-12(10-13)17-14(15(18)19)9-11(2)16-17/h3,5-7,9-10H,1,4,8H2,2H3,(H,18,19). The van der Waals surface area contributed by atoms with Gasteiger partial charge in [-0.15, -0.1) is 6.58 Å². The van der Waals surface area contributed by atoms with Crippen LogP contribution < -0.4 is 4.74 Å². The highest BCUT2D eigenvalue weighted by molar-refractivity contribution is 5.86. The minimum absolute atomic E-state index is 0.130.